The Morgan fingerprint density at radius 2 is 1.88 bits per heavy atom. The molecule has 2 aliphatic heterocycles. The first kappa shape index (κ1) is 22.4. The maximum atomic E-state index is 12.7. The Kier molecular flexibility index (Phi) is 5.54. The number of hydrogen-bond acceptors (Lipinski definition) is 6. The van der Waals surface area contributed by atoms with Crippen LogP contribution in [-0.4, -0.2) is 50.0 Å². The highest BCUT2D eigenvalue weighted by atomic mass is 16.7. The van der Waals surface area contributed by atoms with E-state index in [0.717, 1.165) is 53.1 Å². The van der Waals surface area contributed by atoms with Gasteiger partial charge < -0.3 is 15.1 Å². The van der Waals surface area contributed by atoms with E-state index in [-0.39, 0.29) is 16.9 Å². The summed E-state index contributed by atoms with van der Waals surface area (Å²) in [6.45, 7) is 10.1. The molecule has 8 nitrogen and oxygen atoms in total. The maximum Gasteiger partial charge on any atom is 0.227 e. The van der Waals surface area contributed by atoms with Crippen molar-refractivity contribution in [3.8, 4) is 0 Å². The number of para-hydroxylation sites is 1. The molecule has 8 heteroatoms. The lowest BCUT2D eigenvalue weighted by atomic mass is 9.84. The van der Waals surface area contributed by atoms with Gasteiger partial charge in [-0.25, -0.2) is 9.67 Å². The van der Waals surface area contributed by atoms with Gasteiger partial charge in [0.2, 0.25) is 5.91 Å². The van der Waals surface area contributed by atoms with E-state index in [1.807, 2.05) is 73.1 Å². The predicted octanol–water partition coefficient (Wildman–Crippen LogP) is 4.73. The van der Waals surface area contributed by atoms with Gasteiger partial charge in [-0.05, 0) is 19.1 Å². The first-order valence-corrected chi connectivity index (χ1v) is 12.0. The lowest BCUT2D eigenvalue weighted by Gasteiger charge is -2.39. The Hall–Kier alpha value is -3.42. The van der Waals surface area contributed by atoms with Crippen molar-refractivity contribution in [1.82, 2.24) is 19.7 Å². The lowest BCUT2D eigenvalue weighted by molar-refractivity contribution is -0.145. The highest BCUT2D eigenvalue weighted by Gasteiger charge is 2.44. The molecule has 0 atom stereocenters. The molecule has 1 saturated heterocycles. The van der Waals surface area contributed by atoms with Gasteiger partial charge in [0, 0.05) is 61.8 Å². The van der Waals surface area contributed by atoms with Crippen LogP contribution in [0.3, 0.4) is 0 Å². The number of aromatic nitrogens is 3. The first-order chi connectivity index (χ1) is 16.3. The second-order valence-corrected chi connectivity index (χ2v) is 10.3. The summed E-state index contributed by atoms with van der Waals surface area (Å²) in [6.07, 6.45) is 5.98. The molecule has 0 unspecified atom stereocenters. The number of likely N-dealkylation sites (tertiary alicyclic amines) is 1. The van der Waals surface area contributed by atoms with E-state index in [1.165, 1.54) is 0 Å². The van der Waals surface area contributed by atoms with Crippen molar-refractivity contribution in [2.75, 3.05) is 18.4 Å². The number of benzene rings is 1. The highest BCUT2D eigenvalue weighted by molar-refractivity contribution is 6.11. The predicted molar refractivity (Wildman–Crippen MR) is 133 cm³/mol. The van der Waals surface area contributed by atoms with Crippen LogP contribution in [0.2, 0.25) is 0 Å². The molecule has 3 aromatic rings. The molecule has 1 amide bonds. The van der Waals surface area contributed by atoms with Gasteiger partial charge in [0.15, 0.2) is 5.65 Å². The average Bonchev–Trinajstić information content (AvgIpc) is 3.44. The van der Waals surface area contributed by atoms with Crippen LogP contribution >= 0.6 is 0 Å². The number of aryl methyl sites for hydroxylation is 1. The minimum absolute atomic E-state index is 0.193. The van der Waals surface area contributed by atoms with Gasteiger partial charge in [0.1, 0.15) is 5.60 Å². The monoisotopic (exact) mass is 460 g/mol. The van der Waals surface area contributed by atoms with Crippen LogP contribution in [0.15, 0.2) is 47.9 Å². The Labute approximate surface area is 200 Å². The quantitative estimate of drug-likeness (QED) is 0.609. The minimum atomic E-state index is -0.370. The molecule has 1 fully saturated rings. The molecule has 178 valence electrons. The zero-order valence-corrected chi connectivity index (χ0v) is 20.3. The SMILES string of the molecule is CCn1ncc2c(Nc3ccccc3)c(C3=NOC4(CCN(C(=O)C(C)(C)C)CC4)C3)cnc21. The van der Waals surface area contributed by atoms with E-state index in [9.17, 15) is 4.79 Å². The molecule has 1 spiro atoms. The first-order valence-electron chi connectivity index (χ1n) is 12.0. The van der Waals surface area contributed by atoms with E-state index in [1.54, 1.807) is 0 Å². The van der Waals surface area contributed by atoms with Crippen LogP contribution in [0.5, 0.6) is 0 Å². The van der Waals surface area contributed by atoms with Gasteiger partial charge in [0.05, 0.1) is 23.0 Å². The van der Waals surface area contributed by atoms with Gasteiger partial charge >= 0.3 is 0 Å². The van der Waals surface area contributed by atoms with Crippen LogP contribution in [0, 0.1) is 5.41 Å². The van der Waals surface area contributed by atoms with Crippen molar-refractivity contribution in [2.45, 2.75) is 59.1 Å². The summed E-state index contributed by atoms with van der Waals surface area (Å²) >= 11 is 0. The second kappa shape index (κ2) is 8.42. The van der Waals surface area contributed by atoms with Crippen LogP contribution in [0.4, 0.5) is 11.4 Å². The zero-order chi connectivity index (χ0) is 23.9. The molecule has 0 saturated carbocycles. The van der Waals surface area contributed by atoms with Crippen molar-refractivity contribution in [1.29, 1.82) is 0 Å². The number of oxime groups is 1. The second-order valence-electron chi connectivity index (χ2n) is 10.3. The Balaban J connectivity index is 1.42. The van der Waals surface area contributed by atoms with Crippen LogP contribution in [0.1, 0.15) is 52.5 Å². The van der Waals surface area contributed by atoms with Crippen molar-refractivity contribution < 1.29 is 9.63 Å². The van der Waals surface area contributed by atoms with Gasteiger partial charge in [-0.2, -0.15) is 5.10 Å². The third kappa shape index (κ3) is 4.02. The van der Waals surface area contributed by atoms with Crippen LogP contribution in [-0.2, 0) is 16.2 Å². The molecular weight excluding hydrogens is 428 g/mol. The summed E-state index contributed by atoms with van der Waals surface area (Å²) < 4.78 is 1.89. The molecule has 1 aromatic carbocycles. The molecule has 1 N–H and O–H groups in total. The van der Waals surface area contributed by atoms with E-state index in [2.05, 4.69) is 22.5 Å². The van der Waals surface area contributed by atoms with E-state index >= 15 is 0 Å². The molecule has 5 rings (SSSR count). The maximum absolute atomic E-state index is 12.7. The number of carbonyl (C=O) groups excluding carboxylic acids is 1. The fourth-order valence-electron chi connectivity index (χ4n) is 4.80. The molecular formula is C26H32N6O2. The standard InChI is InChI=1S/C26H32N6O2/c1-5-32-23-20(17-28-32)22(29-18-9-7-6-8-10-18)19(16-27-23)21-15-26(34-30-21)11-13-31(14-12-26)24(33)25(2,3)4/h6-10,16-17H,5,11-15H2,1-4H3,(H,27,29). The van der Waals surface area contributed by atoms with Crippen molar-refractivity contribution in [3.05, 3.63) is 48.3 Å². The molecule has 0 radical (unpaired) electrons. The number of carbonyl (C=O) groups is 1. The van der Waals surface area contributed by atoms with Crippen LogP contribution in [0.25, 0.3) is 11.0 Å². The van der Waals surface area contributed by atoms with E-state index in [0.29, 0.717) is 19.5 Å². The van der Waals surface area contributed by atoms with Crippen molar-refractivity contribution in [2.24, 2.45) is 10.6 Å². The number of rotatable bonds is 4. The van der Waals surface area contributed by atoms with Gasteiger partial charge in [-0.3, -0.25) is 4.79 Å². The summed E-state index contributed by atoms with van der Waals surface area (Å²) in [5, 5.41) is 13.6. The average molecular weight is 461 g/mol. The zero-order valence-electron chi connectivity index (χ0n) is 20.3. The largest absolute Gasteiger partial charge is 0.388 e. The minimum Gasteiger partial charge on any atom is -0.388 e. The fourth-order valence-corrected chi connectivity index (χ4v) is 4.80. The topological polar surface area (TPSA) is 84.6 Å². The van der Waals surface area contributed by atoms with Crippen molar-refractivity contribution >= 4 is 34.0 Å². The fraction of sp³-hybridized carbons (Fsp3) is 0.462. The molecule has 2 aliphatic rings. The number of anilines is 2. The van der Waals surface area contributed by atoms with Crippen LogP contribution < -0.4 is 5.32 Å². The number of fused-ring (bicyclic) bond motifs is 1. The molecule has 0 aliphatic carbocycles. The van der Waals surface area contributed by atoms with Gasteiger partial charge in [-0.1, -0.05) is 44.1 Å². The lowest BCUT2D eigenvalue weighted by Crippen LogP contribution is -2.49. The summed E-state index contributed by atoms with van der Waals surface area (Å²) in [4.78, 5) is 25.5. The molecule has 34 heavy (non-hydrogen) atoms. The van der Waals surface area contributed by atoms with Gasteiger partial charge in [0.25, 0.3) is 0 Å². The van der Waals surface area contributed by atoms with Crippen molar-refractivity contribution in [3.63, 3.8) is 0 Å². The third-order valence-corrected chi connectivity index (χ3v) is 6.76. The highest BCUT2D eigenvalue weighted by Crippen LogP contribution is 2.39. The number of piperidine rings is 1. The number of hydrogen-bond donors (Lipinski definition) is 1. The smallest absolute Gasteiger partial charge is 0.227 e. The number of amides is 1. The number of nitrogens with zero attached hydrogens (tertiary/aromatic N) is 5. The molecule has 4 heterocycles. The Morgan fingerprint density at radius 1 is 1.15 bits per heavy atom. The van der Waals surface area contributed by atoms with Gasteiger partial charge in [-0.15, -0.1) is 0 Å². The Morgan fingerprint density at radius 3 is 2.56 bits per heavy atom. The summed E-state index contributed by atoms with van der Waals surface area (Å²) in [7, 11) is 0. The Bertz CT molecular complexity index is 1230. The summed E-state index contributed by atoms with van der Waals surface area (Å²) in [5.74, 6) is 0.193. The number of nitrogens with one attached hydrogen (secondary N) is 1. The summed E-state index contributed by atoms with van der Waals surface area (Å²) in [6, 6.07) is 10.1. The normalized spacial score (nSPS) is 17.6. The number of pyridine rings is 1. The molecule has 0 bridgehead atoms. The third-order valence-electron chi connectivity index (χ3n) is 6.76. The summed E-state index contributed by atoms with van der Waals surface area (Å²) in [5.41, 5.74) is 3.85. The van der Waals surface area contributed by atoms with E-state index in [4.69, 9.17) is 9.82 Å². The molecule has 2 aromatic heterocycles. The van der Waals surface area contributed by atoms with E-state index < -0.39 is 0 Å².